The Labute approximate surface area is 76.3 Å². The van der Waals surface area contributed by atoms with Crippen molar-refractivity contribution in [3.8, 4) is 0 Å². The van der Waals surface area contributed by atoms with Gasteiger partial charge in [0.2, 0.25) is 5.91 Å². The van der Waals surface area contributed by atoms with Gasteiger partial charge in [-0.1, -0.05) is 13.0 Å². The molecule has 2 unspecified atom stereocenters. The van der Waals surface area contributed by atoms with Crippen LogP contribution in [0.1, 0.15) is 13.3 Å². The van der Waals surface area contributed by atoms with Gasteiger partial charge in [0.25, 0.3) is 0 Å². The van der Waals surface area contributed by atoms with Crippen LogP contribution in [0.2, 0.25) is 0 Å². The van der Waals surface area contributed by atoms with E-state index in [-0.39, 0.29) is 0 Å². The molecule has 0 aromatic rings. The van der Waals surface area contributed by atoms with E-state index in [1.807, 2.05) is 6.92 Å². The van der Waals surface area contributed by atoms with Gasteiger partial charge in [-0.15, -0.1) is 11.6 Å². The highest BCUT2D eigenvalue weighted by Gasteiger charge is 2.37. The molecular formula is C8H11ClN2O. The van der Waals surface area contributed by atoms with Crippen LogP contribution in [-0.4, -0.2) is 23.0 Å². The Hall–Kier alpha value is -0.830. The number of hydrogen-bond acceptors (Lipinski definition) is 2. The van der Waals surface area contributed by atoms with E-state index in [0.29, 0.717) is 6.42 Å². The molecule has 0 radical (unpaired) electrons. The number of carbonyl (C=O) groups excluding carboxylic acids is 1. The Morgan fingerprint density at radius 2 is 2.50 bits per heavy atom. The number of halogens is 1. The van der Waals surface area contributed by atoms with Crippen molar-refractivity contribution in [2.75, 3.05) is 0 Å². The zero-order valence-electron chi connectivity index (χ0n) is 6.83. The van der Waals surface area contributed by atoms with Crippen LogP contribution < -0.4 is 5.73 Å². The van der Waals surface area contributed by atoms with E-state index >= 15 is 0 Å². The number of dihydropyridines is 1. The number of rotatable bonds is 2. The van der Waals surface area contributed by atoms with Crippen molar-refractivity contribution in [2.24, 2.45) is 10.7 Å². The molecule has 66 valence electrons. The molecule has 2 N–H and O–H groups in total. The second kappa shape index (κ2) is 3.27. The second-order valence-corrected chi connectivity index (χ2v) is 3.45. The number of primary amides is 1. The van der Waals surface area contributed by atoms with E-state index in [2.05, 4.69) is 4.99 Å². The fourth-order valence-electron chi connectivity index (χ4n) is 1.17. The van der Waals surface area contributed by atoms with Gasteiger partial charge in [-0.3, -0.25) is 9.79 Å². The first-order valence-electron chi connectivity index (χ1n) is 3.79. The summed E-state index contributed by atoms with van der Waals surface area (Å²) in [5.74, 6) is -0.479. The van der Waals surface area contributed by atoms with E-state index in [1.165, 1.54) is 0 Å². The maximum Gasteiger partial charge on any atom is 0.244 e. The van der Waals surface area contributed by atoms with Crippen molar-refractivity contribution in [3.05, 3.63) is 12.2 Å². The fourth-order valence-corrected chi connectivity index (χ4v) is 1.41. The number of nitrogens with two attached hydrogens (primary N) is 1. The molecule has 0 aliphatic carbocycles. The average Bonchev–Trinajstić information content (AvgIpc) is 2.05. The van der Waals surface area contributed by atoms with Crippen LogP contribution in [0.5, 0.6) is 0 Å². The lowest BCUT2D eigenvalue weighted by molar-refractivity contribution is -0.119. The largest absolute Gasteiger partial charge is 0.368 e. The predicted octanol–water partition coefficient (Wildman–Crippen LogP) is 0.868. The van der Waals surface area contributed by atoms with Gasteiger partial charge in [-0.05, 0) is 12.5 Å². The molecule has 1 rings (SSSR count). The van der Waals surface area contributed by atoms with Crippen molar-refractivity contribution >= 4 is 23.7 Å². The first-order chi connectivity index (χ1) is 5.60. The number of alkyl halides is 1. The number of nitrogens with zero attached hydrogens (tertiary/aromatic N) is 1. The van der Waals surface area contributed by atoms with Gasteiger partial charge in [-0.25, -0.2) is 0 Å². The van der Waals surface area contributed by atoms with Crippen LogP contribution >= 0.6 is 11.6 Å². The van der Waals surface area contributed by atoms with Crippen molar-refractivity contribution in [1.29, 1.82) is 0 Å². The molecule has 0 spiro atoms. The van der Waals surface area contributed by atoms with Gasteiger partial charge in [0.1, 0.15) is 0 Å². The zero-order chi connectivity index (χ0) is 9.19. The lowest BCUT2D eigenvalue weighted by Gasteiger charge is -2.28. The summed E-state index contributed by atoms with van der Waals surface area (Å²) < 4.78 is 0. The van der Waals surface area contributed by atoms with E-state index in [1.54, 1.807) is 18.4 Å². The predicted molar refractivity (Wildman–Crippen MR) is 49.5 cm³/mol. The van der Waals surface area contributed by atoms with Crippen LogP contribution in [0.15, 0.2) is 17.1 Å². The Morgan fingerprint density at radius 1 is 1.83 bits per heavy atom. The maximum absolute atomic E-state index is 10.9. The van der Waals surface area contributed by atoms with E-state index in [9.17, 15) is 4.79 Å². The minimum atomic E-state index is -0.722. The molecular weight excluding hydrogens is 176 g/mol. The summed E-state index contributed by atoms with van der Waals surface area (Å²) in [5, 5.41) is 0. The standard InChI is InChI=1S/C8H11ClN2O/c1-2-8(9)4-3-5-11-6(8)7(10)12/h3-6H,2H2,1H3,(H2,10,12). The topological polar surface area (TPSA) is 55.4 Å². The van der Waals surface area contributed by atoms with Gasteiger partial charge < -0.3 is 5.73 Å². The molecule has 1 aliphatic heterocycles. The number of aliphatic imine (C=N–C) groups is 1. The zero-order valence-corrected chi connectivity index (χ0v) is 7.58. The summed E-state index contributed by atoms with van der Waals surface area (Å²) in [4.78, 5) is 14.1. The molecule has 12 heavy (non-hydrogen) atoms. The minimum Gasteiger partial charge on any atom is -0.368 e. The summed E-state index contributed by atoms with van der Waals surface area (Å²) in [6.45, 7) is 1.90. The Morgan fingerprint density at radius 3 is 2.92 bits per heavy atom. The van der Waals surface area contributed by atoms with E-state index in [0.717, 1.165) is 0 Å². The smallest absolute Gasteiger partial charge is 0.244 e. The maximum atomic E-state index is 10.9. The normalized spacial score (nSPS) is 33.7. The van der Waals surface area contributed by atoms with Crippen LogP contribution in [-0.2, 0) is 4.79 Å². The molecule has 0 saturated heterocycles. The molecule has 1 amide bonds. The third kappa shape index (κ3) is 1.50. The van der Waals surface area contributed by atoms with Gasteiger partial charge in [-0.2, -0.15) is 0 Å². The summed E-state index contributed by atoms with van der Waals surface area (Å²) in [5.41, 5.74) is 5.15. The summed E-state index contributed by atoms with van der Waals surface area (Å²) in [6.07, 6.45) is 5.68. The van der Waals surface area contributed by atoms with Gasteiger partial charge >= 0.3 is 0 Å². The van der Waals surface area contributed by atoms with Gasteiger partial charge in [0.05, 0.1) is 4.87 Å². The molecule has 0 bridgehead atoms. The average molecular weight is 187 g/mol. The number of allylic oxidation sites excluding steroid dienone is 1. The summed E-state index contributed by atoms with van der Waals surface area (Å²) in [6, 6.07) is -0.630. The highest BCUT2D eigenvalue weighted by Crippen LogP contribution is 2.29. The quantitative estimate of drug-likeness (QED) is 0.640. The van der Waals surface area contributed by atoms with Crippen molar-refractivity contribution in [2.45, 2.75) is 24.3 Å². The van der Waals surface area contributed by atoms with Gasteiger partial charge in [0, 0.05) is 6.21 Å². The third-order valence-corrected chi connectivity index (χ3v) is 2.56. The molecule has 0 aromatic carbocycles. The summed E-state index contributed by atoms with van der Waals surface area (Å²) in [7, 11) is 0. The van der Waals surface area contributed by atoms with Crippen LogP contribution in [0.4, 0.5) is 0 Å². The minimum absolute atomic E-state index is 0.479. The van der Waals surface area contributed by atoms with E-state index in [4.69, 9.17) is 17.3 Å². The van der Waals surface area contributed by atoms with Crippen molar-refractivity contribution < 1.29 is 4.79 Å². The number of carbonyl (C=O) groups is 1. The second-order valence-electron chi connectivity index (χ2n) is 2.74. The van der Waals surface area contributed by atoms with Gasteiger partial charge in [0.15, 0.2) is 6.04 Å². The van der Waals surface area contributed by atoms with Crippen LogP contribution in [0.3, 0.4) is 0 Å². The monoisotopic (exact) mass is 186 g/mol. The Balaban J connectivity index is 2.92. The molecule has 2 atom stereocenters. The molecule has 4 heteroatoms. The SMILES string of the molecule is CCC1(Cl)C=CC=NC1C(N)=O. The molecule has 3 nitrogen and oxygen atoms in total. The van der Waals surface area contributed by atoms with Crippen LogP contribution in [0.25, 0.3) is 0 Å². The van der Waals surface area contributed by atoms with Crippen LogP contribution in [0, 0.1) is 0 Å². The summed E-state index contributed by atoms with van der Waals surface area (Å²) >= 11 is 6.12. The third-order valence-electron chi connectivity index (χ3n) is 1.96. The Kier molecular flexibility index (Phi) is 2.52. The van der Waals surface area contributed by atoms with Crippen molar-refractivity contribution in [3.63, 3.8) is 0 Å². The Bertz CT molecular complexity index is 249. The highest BCUT2D eigenvalue weighted by molar-refractivity contribution is 6.28. The molecule has 1 aliphatic rings. The lowest BCUT2D eigenvalue weighted by Crippen LogP contribution is -2.44. The lowest BCUT2D eigenvalue weighted by atomic mass is 9.93. The molecule has 0 fully saturated rings. The molecule has 1 heterocycles. The number of hydrogen-bond donors (Lipinski definition) is 1. The number of amides is 1. The highest BCUT2D eigenvalue weighted by atomic mass is 35.5. The fraction of sp³-hybridized carbons (Fsp3) is 0.500. The van der Waals surface area contributed by atoms with E-state index < -0.39 is 16.8 Å². The molecule has 0 saturated carbocycles. The first-order valence-corrected chi connectivity index (χ1v) is 4.17. The first kappa shape index (κ1) is 9.26. The van der Waals surface area contributed by atoms with Crippen molar-refractivity contribution in [1.82, 2.24) is 0 Å². The molecule has 0 aromatic heterocycles.